The van der Waals surface area contributed by atoms with Crippen molar-refractivity contribution in [3.05, 3.63) is 41.7 Å². The van der Waals surface area contributed by atoms with Crippen LogP contribution in [0.15, 0.2) is 24.8 Å². The molecule has 0 spiro atoms. The Labute approximate surface area is 110 Å². The molecule has 19 heavy (non-hydrogen) atoms. The lowest BCUT2D eigenvalue weighted by Gasteiger charge is -2.27. The van der Waals surface area contributed by atoms with Crippen molar-refractivity contribution in [3.63, 3.8) is 0 Å². The first-order valence-electron chi connectivity index (χ1n) is 5.86. The molecule has 1 aliphatic rings. The Hall–Kier alpha value is -2.37. The Balaban J connectivity index is 2.10. The number of carboxylic acid groups (broad SMARTS) is 1. The molecule has 1 amide bonds. The van der Waals surface area contributed by atoms with E-state index in [-0.39, 0.29) is 12.3 Å². The summed E-state index contributed by atoms with van der Waals surface area (Å²) in [6, 6.07) is 3.14. The Morgan fingerprint density at radius 1 is 1.53 bits per heavy atom. The predicted octanol–water partition coefficient (Wildman–Crippen LogP) is 1.46. The highest BCUT2D eigenvalue weighted by atomic mass is 16.6. The van der Waals surface area contributed by atoms with Gasteiger partial charge in [0, 0.05) is 18.7 Å². The van der Waals surface area contributed by atoms with E-state index in [1.807, 2.05) is 0 Å². The van der Waals surface area contributed by atoms with Crippen LogP contribution in [0.5, 0.6) is 0 Å². The minimum Gasteiger partial charge on any atom is -0.477 e. The smallest absolute Gasteiger partial charge is 0.410 e. The summed E-state index contributed by atoms with van der Waals surface area (Å²) < 4.78 is 4.96. The van der Waals surface area contributed by atoms with Crippen LogP contribution in [0.25, 0.3) is 0 Å². The number of carbonyl (C=O) groups excluding carboxylic acids is 1. The van der Waals surface area contributed by atoms with Gasteiger partial charge in [0.2, 0.25) is 0 Å². The summed E-state index contributed by atoms with van der Waals surface area (Å²) >= 11 is 0. The second-order valence-electron chi connectivity index (χ2n) is 4.14. The van der Waals surface area contributed by atoms with Gasteiger partial charge in [0.15, 0.2) is 0 Å². The van der Waals surface area contributed by atoms with Gasteiger partial charge >= 0.3 is 12.1 Å². The third-order valence-corrected chi connectivity index (χ3v) is 2.85. The maximum absolute atomic E-state index is 11.7. The average molecular weight is 262 g/mol. The first kappa shape index (κ1) is 13.1. The number of aromatic nitrogens is 1. The van der Waals surface area contributed by atoms with Crippen molar-refractivity contribution >= 4 is 12.1 Å². The maximum Gasteiger partial charge on any atom is 0.410 e. The fraction of sp³-hybridized carbons (Fsp3) is 0.308. The maximum atomic E-state index is 11.7. The molecule has 0 bridgehead atoms. The minimum absolute atomic E-state index is 0.0291. The topological polar surface area (TPSA) is 79.7 Å². The lowest BCUT2D eigenvalue weighted by molar-refractivity contribution is 0.0689. The van der Waals surface area contributed by atoms with Crippen LogP contribution < -0.4 is 0 Å². The molecular weight excluding hydrogens is 248 g/mol. The zero-order valence-corrected chi connectivity index (χ0v) is 10.3. The highest BCUT2D eigenvalue weighted by Crippen LogP contribution is 2.18. The number of carboxylic acids is 1. The lowest BCUT2D eigenvalue weighted by atomic mass is 10.1. The van der Waals surface area contributed by atoms with Gasteiger partial charge in [-0.3, -0.25) is 0 Å². The van der Waals surface area contributed by atoms with Crippen molar-refractivity contribution in [2.24, 2.45) is 0 Å². The van der Waals surface area contributed by atoms with Gasteiger partial charge in [-0.25, -0.2) is 14.6 Å². The zero-order valence-electron chi connectivity index (χ0n) is 10.3. The number of aromatic carboxylic acids is 1. The number of hydrogen-bond acceptors (Lipinski definition) is 4. The number of pyridine rings is 1. The molecule has 100 valence electrons. The fourth-order valence-corrected chi connectivity index (χ4v) is 1.91. The van der Waals surface area contributed by atoms with Crippen LogP contribution in [-0.4, -0.2) is 40.2 Å². The molecule has 1 N–H and O–H groups in total. The van der Waals surface area contributed by atoms with E-state index in [1.165, 1.54) is 12.1 Å². The monoisotopic (exact) mass is 262 g/mol. The van der Waals surface area contributed by atoms with Gasteiger partial charge in [-0.1, -0.05) is 18.7 Å². The van der Waals surface area contributed by atoms with Crippen LogP contribution in [0, 0.1) is 0 Å². The van der Waals surface area contributed by atoms with Crippen LogP contribution in [-0.2, 0) is 17.7 Å². The molecule has 0 unspecified atom stereocenters. The molecular formula is C13H14N2O4. The summed E-state index contributed by atoms with van der Waals surface area (Å²) in [6.45, 7) is 4.52. The molecule has 0 saturated heterocycles. The molecule has 2 rings (SSSR count). The van der Waals surface area contributed by atoms with Gasteiger partial charge in [0.25, 0.3) is 0 Å². The molecule has 0 atom stereocenters. The van der Waals surface area contributed by atoms with Gasteiger partial charge in [-0.2, -0.15) is 0 Å². The first-order chi connectivity index (χ1) is 9.11. The summed E-state index contributed by atoms with van der Waals surface area (Å²) in [5, 5.41) is 8.87. The number of rotatable bonds is 3. The van der Waals surface area contributed by atoms with Crippen molar-refractivity contribution in [2.75, 3.05) is 13.2 Å². The predicted molar refractivity (Wildman–Crippen MR) is 66.9 cm³/mol. The first-order valence-corrected chi connectivity index (χ1v) is 5.86. The average Bonchev–Trinajstić information content (AvgIpc) is 2.43. The number of nitrogens with zero attached hydrogens (tertiary/aromatic N) is 2. The molecule has 6 nitrogen and oxygen atoms in total. The van der Waals surface area contributed by atoms with Crippen molar-refractivity contribution in [1.82, 2.24) is 9.88 Å². The van der Waals surface area contributed by atoms with Gasteiger partial charge in [-0.05, 0) is 11.6 Å². The number of hydrogen-bond donors (Lipinski definition) is 1. The molecule has 6 heteroatoms. The Morgan fingerprint density at radius 2 is 2.32 bits per heavy atom. The largest absolute Gasteiger partial charge is 0.477 e. The van der Waals surface area contributed by atoms with Crippen molar-refractivity contribution in [3.8, 4) is 0 Å². The SMILES string of the molecule is C=CCOC(=O)N1CCc2nc(C(=O)O)ccc2C1. The summed E-state index contributed by atoms with van der Waals surface area (Å²) in [4.78, 5) is 28.1. The zero-order chi connectivity index (χ0) is 13.8. The highest BCUT2D eigenvalue weighted by molar-refractivity contribution is 5.85. The molecule has 2 heterocycles. The van der Waals surface area contributed by atoms with Gasteiger partial charge in [0.05, 0.1) is 6.54 Å². The number of carbonyl (C=O) groups is 2. The Kier molecular flexibility index (Phi) is 3.79. The lowest BCUT2D eigenvalue weighted by Crippen LogP contribution is -2.37. The summed E-state index contributed by atoms with van der Waals surface area (Å²) in [5.74, 6) is -1.05. The molecule has 0 aromatic carbocycles. The quantitative estimate of drug-likeness (QED) is 0.834. The van der Waals surface area contributed by atoms with E-state index in [0.29, 0.717) is 19.5 Å². The molecule has 1 aromatic heterocycles. The van der Waals surface area contributed by atoms with Crippen LogP contribution in [0.3, 0.4) is 0 Å². The van der Waals surface area contributed by atoms with Gasteiger partial charge in [-0.15, -0.1) is 0 Å². The second-order valence-corrected chi connectivity index (χ2v) is 4.14. The summed E-state index contributed by atoms with van der Waals surface area (Å²) in [6.07, 6.45) is 1.64. The van der Waals surface area contributed by atoms with E-state index < -0.39 is 12.1 Å². The number of ether oxygens (including phenoxy) is 1. The van der Waals surface area contributed by atoms with E-state index in [4.69, 9.17) is 9.84 Å². The normalized spacial score (nSPS) is 13.6. The molecule has 0 fully saturated rings. The van der Waals surface area contributed by atoms with E-state index in [0.717, 1.165) is 11.3 Å². The van der Waals surface area contributed by atoms with Crippen LogP contribution in [0.2, 0.25) is 0 Å². The van der Waals surface area contributed by atoms with E-state index >= 15 is 0 Å². The number of fused-ring (bicyclic) bond motifs is 1. The third-order valence-electron chi connectivity index (χ3n) is 2.85. The van der Waals surface area contributed by atoms with Crippen LogP contribution in [0.4, 0.5) is 4.79 Å². The van der Waals surface area contributed by atoms with E-state index in [1.54, 1.807) is 11.0 Å². The van der Waals surface area contributed by atoms with Crippen molar-refractivity contribution in [1.29, 1.82) is 0 Å². The minimum atomic E-state index is -1.05. The standard InChI is InChI=1S/C13H14N2O4/c1-2-7-19-13(18)15-6-5-10-9(8-15)3-4-11(14-10)12(16)17/h2-4H,1,5-8H2,(H,16,17). The molecule has 1 aliphatic heterocycles. The fourth-order valence-electron chi connectivity index (χ4n) is 1.91. The second kappa shape index (κ2) is 5.51. The van der Waals surface area contributed by atoms with E-state index in [2.05, 4.69) is 11.6 Å². The van der Waals surface area contributed by atoms with Crippen LogP contribution in [0.1, 0.15) is 21.7 Å². The third kappa shape index (κ3) is 2.90. The molecule has 0 aliphatic carbocycles. The Bertz CT molecular complexity index is 527. The number of amides is 1. The van der Waals surface area contributed by atoms with Crippen molar-refractivity contribution in [2.45, 2.75) is 13.0 Å². The molecule has 1 aromatic rings. The molecule has 0 saturated carbocycles. The van der Waals surface area contributed by atoms with E-state index in [9.17, 15) is 9.59 Å². The van der Waals surface area contributed by atoms with Gasteiger partial charge < -0.3 is 14.7 Å². The van der Waals surface area contributed by atoms with Crippen molar-refractivity contribution < 1.29 is 19.4 Å². The summed E-state index contributed by atoms with van der Waals surface area (Å²) in [7, 11) is 0. The van der Waals surface area contributed by atoms with Crippen LogP contribution >= 0.6 is 0 Å². The van der Waals surface area contributed by atoms with Gasteiger partial charge in [0.1, 0.15) is 12.3 Å². The highest BCUT2D eigenvalue weighted by Gasteiger charge is 2.23. The summed E-state index contributed by atoms with van der Waals surface area (Å²) in [5.41, 5.74) is 1.61. The molecule has 0 radical (unpaired) electrons. The Morgan fingerprint density at radius 3 is 3.00 bits per heavy atom.